The SMILES string of the molecule is Cn1cccc1/C=C(\C#N)C(=O)NCc1ccc2c(c1)OCO2. The van der Waals surface area contributed by atoms with Crippen molar-refractivity contribution in [1.82, 2.24) is 9.88 Å². The van der Waals surface area contributed by atoms with Crippen LogP contribution in [-0.2, 0) is 18.4 Å². The van der Waals surface area contributed by atoms with Gasteiger partial charge in [-0.1, -0.05) is 6.07 Å². The molecule has 0 spiro atoms. The third-order valence-corrected chi connectivity index (χ3v) is 3.53. The molecule has 6 nitrogen and oxygen atoms in total. The van der Waals surface area contributed by atoms with Gasteiger partial charge in [-0.3, -0.25) is 4.79 Å². The number of carbonyl (C=O) groups excluding carboxylic acids is 1. The molecular formula is C17H15N3O3. The number of rotatable bonds is 4. The lowest BCUT2D eigenvalue weighted by Gasteiger charge is -2.06. The van der Waals surface area contributed by atoms with Gasteiger partial charge in [0.2, 0.25) is 6.79 Å². The second kappa shape index (κ2) is 6.28. The number of amides is 1. The molecule has 23 heavy (non-hydrogen) atoms. The first-order valence-corrected chi connectivity index (χ1v) is 7.07. The Morgan fingerprint density at radius 1 is 1.39 bits per heavy atom. The maximum atomic E-state index is 12.2. The van der Waals surface area contributed by atoms with Gasteiger partial charge in [-0.2, -0.15) is 5.26 Å². The number of aryl methyl sites for hydroxylation is 1. The molecule has 1 aromatic heterocycles. The van der Waals surface area contributed by atoms with Gasteiger partial charge >= 0.3 is 0 Å². The van der Waals surface area contributed by atoms with E-state index in [1.807, 2.05) is 48.1 Å². The molecule has 1 aliphatic rings. The Balaban J connectivity index is 1.68. The van der Waals surface area contributed by atoms with Crippen molar-refractivity contribution < 1.29 is 14.3 Å². The molecule has 0 atom stereocenters. The first kappa shape index (κ1) is 14.7. The van der Waals surface area contributed by atoms with E-state index in [1.165, 1.54) is 0 Å². The van der Waals surface area contributed by atoms with Crippen molar-refractivity contribution in [2.75, 3.05) is 6.79 Å². The van der Waals surface area contributed by atoms with Gasteiger partial charge in [0.25, 0.3) is 5.91 Å². The fourth-order valence-corrected chi connectivity index (χ4v) is 2.25. The summed E-state index contributed by atoms with van der Waals surface area (Å²) in [7, 11) is 1.85. The highest BCUT2D eigenvalue weighted by Crippen LogP contribution is 2.32. The summed E-state index contributed by atoms with van der Waals surface area (Å²) in [6.07, 6.45) is 3.42. The maximum Gasteiger partial charge on any atom is 0.262 e. The number of ether oxygens (including phenoxy) is 2. The Morgan fingerprint density at radius 3 is 2.96 bits per heavy atom. The van der Waals surface area contributed by atoms with Crippen molar-refractivity contribution in [3.63, 3.8) is 0 Å². The summed E-state index contributed by atoms with van der Waals surface area (Å²) in [5.74, 6) is 0.948. The largest absolute Gasteiger partial charge is 0.454 e. The van der Waals surface area contributed by atoms with Crippen molar-refractivity contribution in [2.24, 2.45) is 7.05 Å². The Labute approximate surface area is 133 Å². The van der Waals surface area contributed by atoms with Gasteiger partial charge in [-0.05, 0) is 35.9 Å². The van der Waals surface area contributed by atoms with Crippen LogP contribution < -0.4 is 14.8 Å². The zero-order chi connectivity index (χ0) is 16.2. The number of hydrogen-bond donors (Lipinski definition) is 1. The highest BCUT2D eigenvalue weighted by Gasteiger charge is 2.14. The molecule has 0 unspecified atom stereocenters. The predicted octanol–water partition coefficient (Wildman–Crippen LogP) is 1.98. The molecule has 0 saturated heterocycles. The van der Waals surface area contributed by atoms with Crippen LogP contribution in [0.1, 0.15) is 11.3 Å². The highest BCUT2D eigenvalue weighted by molar-refractivity contribution is 6.01. The minimum atomic E-state index is -0.411. The fraction of sp³-hybridized carbons (Fsp3) is 0.176. The quantitative estimate of drug-likeness (QED) is 0.692. The van der Waals surface area contributed by atoms with Gasteiger partial charge in [0.1, 0.15) is 11.6 Å². The van der Waals surface area contributed by atoms with Crippen molar-refractivity contribution >= 4 is 12.0 Å². The van der Waals surface area contributed by atoms with Crippen molar-refractivity contribution in [2.45, 2.75) is 6.54 Å². The second-order valence-electron chi connectivity index (χ2n) is 5.08. The maximum absolute atomic E-state index is 12.2. The molecule has 2 aromatic rings. The Hall–Kier alpha value is -3.20. The van der Waals surface area contributed by atoms with Gasteiger partial charge in [0.05, 0.1) is 0 Å². The van der Waals surface area contributed by atoms with Gasteiger partial charge < -0.3 is 19.4 Å². The number of fused-ring (bicyclic) bond motifs is 1. The zero-order valence-corrected chi connectivity index (χ0v) is 12.6. The third-order valence-electron chi connectivity index (χ3n) is 3.53. The fourth-order valence-electron chi connectivity index (χ4n) is 2.25. The van der Waals surface area contributed by atoms with Gasteiger partial charge in [0.15, 0.2) is 11.5 Å². The van der Waals surface area contributed by atoms with E-state index in [0.29, 0.717) is 18.0 Å². The minimum absolute atomic E-state index is 0.0625. The first-order valence-electron chi connectivity index (χ1n) is 7.07. The number of benzene rings is 1. The molecule has 1 amide bonds. The lowest BCUT2D eigenvalue weighted by molar-refractivity contribution is -0.117. The van der Waals surface area contributed by atoms with Crippen LogP contribution in [0.4, 0.5) is 0 Å². The highest BCUT2D eigenvalue weighted by atomic mass is 16.7. The van der Waals surface area contributed by atoms with Crippen LogP contribution in [0.2, 0.25) is 0 Å². The normalized spacial score (nSPS) is 12.8. The molecule has 6 heteroatoms. The van der Waals surface area contributed by atoms with Crippen LogP contribution in [0.5, 0.6) is 11.5 Å². The van der Waals surface area contributed by atoms with Gasteiger partial charge in [0, 0.05) is 25.5 Å². The molecule has 0 bridgehead atoms. The van der Waals surface area contributed by atoms with E-state index in [1.54, 1.807) is 12.1 Å². The van der Waals surface area contributed by atoms with Crippen molar-refractivity contribution in [1.29, 1.82) is 5.26 Å². The van der Waals surface area contributed by atoms with E-state index < -0.39 is 5.91 Å². The Kier molecular flexibility index (Phi) is 4.02. The van der Waals surface area contributed by atoms with Crippen LogP contribution in [0.3, 0.4) is 0 Å². The van der Waals surface area contributed by atoms with E-state index in [0.717, 1.165) is 11.3 Å². The van der Waals surface area contributed by atoms with E-state index in [2.05, 4.69) is 5.32 Å². The first-order chi connectivity index (χ1) is 11.2. The third kappa shape index (κ3) is 3.19. The van der Waals surface area contributed by atoms with E-state index >= 15 is 0 Å². The number of nitrogens with zero attached hydrogens (tertiary/aromatic N) is 2. The summed E-state index contributed by atoms with van der Waals surface area (Å²) in [6, 6.07) is 11.1. The number of nitriles is 1. The monoisotopic (exact) mass is 309 g/mol. The van der Waals surface area contributed by atoms with E-state index in [4.69, 9.17) is 9.47 Å². The smallest absolute Gasteiger partial charge is 0.262 e. The molecule has 1 N–H and O–H groups in total. The number of aromatic nitrogens is 1. The molecule has 0 aliphatic carbocycles. The van der Waals surface area contributed by atoms with Crippen LogP contribution in [0.15, 0.2) is 42.1 Å². The average Bonchev–Trinajstić information content (AvgIpc) is 3.18. The summed E-state index contributed by atoms with van der Waals surface area (Å²) >= 11 is 0. The lowest BCUT2D eigenvalue weighted by Crippen LogP contribution is -2.24. The molecule has 1 aliphatic heterocycles. The molecule has 1 aromatic carbocycles. The summed E-state index contributed by atoms with van der Waals surface area (Å²) in [6.45, 7) is 0.519. The minimum Gasteiger partial charge on any atom is -0.454 e. The van der Waals surface area contributed by atoms with Gasteiger partial charge in [-0.25, -0.2) is 0 Å². The van der Waals surface area contributed by atoms with Crippen molar-refractivity contribution in [3.05, 3.63) is 53.4 Å². The molecule has 0 radical (unpaired) electrons. The molecule has 116 valence electrons. The molecule has 0 saturated carbocycles. The summed E-state index contributed by atoms with van der Waals surface area (Å²) in [5.41, 5.74) is 1.73. The predicted molar refractivity (Wildman–Crippen MR) is 83.4 cm³/mol. The lowest BCUT2D eigenvalue weighted by atomic mass is 10.2. The summed E-state index contributed by atoms with van der Waals surface area (Å²) < 4.78 is 12.4. The Bertz CT molecular complexity index is 815. The number of carbonyl (C=O) groups is 1. The number of hydrogen-bond acceptors (Lipinski definition) is 4. The van der Waals surface area contributed by atoms with E-state index in [-0.39, 0.29) is 12.4 Å². The standard InChI is InChI=1S/C17H15N3O3/c1-20-6-2-3-14(20)8-13(9-18)17(21)19-10-12-4-5-15-16(7-12)23-11-22-15/h2-8H,10-11H2,1H3,(H,19,21)/b13-8+. The zero-order valence-electron chi connectivity index (χ0n) is 12.6. The van der Waals surface area contributed by atoms with Gasteiger partial charge in [-0.15, -0.1) is 0 Å². The number of nitrogens with one attached hydrogen (secondary N) is 1. The average molecular weight is 309 g/mol. The molecule has 2 heterocycles. The molecule has 0 fully saturated rings. The van der Waals surface area contributed by atoms with Crippen LogP contribution in [-0.4, -0.2) is 17.3 Å². The summed E-state index contributed by atoms with van der Waals surface area (Å²) in [5, 5.41) is 11.9. The van der Waals surface area contributed by atoms with E-state index in [9.17, 15) is 10.1 Å². The Morgan fingerprint density at radius 2 is 2.22 bits per heavy atom. The van der Waals surface area contributed by atoms with Crippen LogP contribution in [0.25, 0.3) is 6.08 Å². The topological polar surface area (TPSA) is 76.3 Å². The second-order valence-corrected chi connectivity index (χ2v) is 5.08. The van der Waals surface area contributed by atoms with Crippen LogP contribution in [0, 0.1) is 11.3 Å². The van der Waals surface area contributed by atoms with Crippen molar-refractivity contribution in [3.8, 4) is 17.6 Å². The molecule has 3 rings (SSSR count). The molecular weight excluding hydrogens is 294 g/mol. The van der Waals surface area contributed by atoms with Crippen LogP contribution >= 0.6 is 0 Å². The summed E-state index contributed by atoms with van der Waals surface area (Å²) in [4.78, 5) is 12.2.